The van der Waals surface area contributed by atoms with E-state index in [1.165, 1.54) is 4.70 Å². The summed E-state index contributed by atoms with van der Waals surface area (Å²) >= 11 is 1.56. The van der Waals surface area contributed by atoms with Crippen molar-refractivity contribution in [2.24, 2.45) is 0 Å². The number of aromatic nitrogens is 1. The largest absolute Gasteiger partial charge is 0.350 e. The van der Waals surface area contributed by atoms with E-state index in [1.807, 2.05) is 6.07 Å². The standard InChI is InChI=1S/C12H16N2OS/c1-8(2)14-6-9-5-10(12(15)13(3)4)16-11(9)7-14/h5-8H,1-4H3. The molecule has 0 aromatic carbocycles. The van der Waals surface area contributed by atoms with E-state index >= 15 is 0 Å². The van der Waals surface area contributed by atoms with Crippen molar-refractivity contribution in [3.8, 4) is 0 Å². The molecule has 0 atom stereocenters. The van der Waals surface area contributed by atoms with E-state index in [9.17, 15) is 4.79 Å². The van der Waals surface area contributed by atoms with Gasteiger partial charge in [0.05, 0.1) is 9.58 Å². The number of carbonyl (C=O) groups excluding carboxylic acids is 1. The maximum atomic E-state index is 11.8. The van der Waals surface area contributed by atoms with Crippen LogP contribution in [0.4, 0.5) is 0 Å². The highest BCUT2D eigenvalue weighted by Crippen LogP contribution is 2.28. The quantitative estimate of drug-likeness (QED) is 0.787. The summed E-state index contributed by atoms with van der Waals surface area (Å²) in [7, 11) is 3.56. The molecule has 0 aliphatic rings. The lowest BCUT2D eigenvalue weighted by Crippen LogP contribution is -2.20. The first-order valence-corrected chi connectivity index (χ1v) is 6.13. The van der Waals surface area contributed by atoms with Crippen molar-refractivity contribution < 1.29 is 4.79 Å². The molecule has 16 heavy (non-hydrogen) atoms. The van der Waals surface area contributed by atoms with E-state index in [0.29, 0.717) is 6.04 Å². The van der Waals surface area contributed by atoms with Gasteiger partial charge in [0.2, 0.25) is 0 Å². The van der Waals surface area contributed by atoms with Crippen LogP contribution in [0.25, 0.3) is 10.1 Å². The van der Waals surface area contributed by atoms with Crippen LogP contribution in [-0.4, -0.2) is 29.5 Å². The van der Waals surface area contributed by atoms with Crippen LogP contribution in [0.2, 0.25) is 0 Å². The Balaban J connectivity index is 2.40. The van der Waals surface area contributed by atoms with Crippen LogP contribution in [0, 0.1) is 0 Å². The molecule has 2 rings (SSSR count). The maximum absolute atomic E-state index is 11.8. The van der Waals surface area contributed by atoms with Gasteiger partial charge in [0.25, 0.3) is 5.91 Å². The SMILES string of the molecule is CC(C)n1cc2cc(C(=O)N(C)C)sc2c1. The summed E-state index contributed by atoms with van der Waals surface area (Å²) < 4.78 is 3.35. The molecule has 2 aromatic rings. The number of rotatable bonds is 2. The predicted octanol–water partition coefficient (Wildman–Crippen LogP) is 2.99. The van der Waals surface area contributed by atoms with Gasteiger partial charge in [-0.05, 0) is 19.9 Å². The van der Waals surface area contributed by atoms with Gasteiger partial charge >= 0.3 is 0 Å². The Labute approximate surface area is 99.3 Å². The van der Waals surface area contributed by atoms with Gasteiger partial charge in [0, 0.05) is 37.9 Å². The summed E-state index contributed by atoms with van der Waals surface area (Å²) in [5, 5.41) is 1.16. The lowest BCUT2D eigenvalue weighted by molar-refractivity contribution is 0.0832. The van der Waals surface area contributed by atoms with Crippen molar-refractivity contribution in [2.45, 2.75) is 19.9 Å². The Morgan fingerprint density at radius 1 is 1.38 bits per heavy atom. The minimum atomic E-state index is 0.0808. The first-order chi connectivity index (χ1) is 7.49. The Kier molecular flexibility index (Phi) is 2.76. The van der Waals surface area contributed by atoms with Crippen molar-refractivity contribution >= 4 is 27.3 Å². The second-order valence-electron chi connectivity index (χ2n) is 4.43. The zero-order valence-electron chi connectivity index (χ0n) is 10.0. The molecule has 86 valence electrons. The van der Waals surface area contributed by atoms with Crippen LogP contribution >= 0.6 is 11.3 Å². The van der Waals surface area contributed by atoms with E-state index in [0.717, 1.165) is 10.3 Å². The van der Waals surface area contributed by atoms with Crippen LogP contribution in [0.5, 0.6) is 0 Å². The third-order valence-corrected chi connectivity index (χ3v) is 3.63. The van der Waals surface area contributed by atoms with Gasteiger partial charge in [0.1, 0.15) is 0 Å². The number of nitrogens with zero attached hydrogens (tertiary/aromatic N) is 2. The van der Waals surface area contributed by atoms with E-state index < -0.39 is 0 Å². The van der Waals surface area contributed by atoms with Crippen LogP contribution in [0.1, 0.15) is 29.6 Å². The molecule has 0 saturated heterocycles. The van der Waals surface area contributed by atoms with E-state index in [2.05, 4.69) is 30.8 Å². The fourth-order valence-corrected chi connectivity index (χ4v) is 2.67. The molecule has 0 fully saturated rings. The molecule has 2 heterocycles. The summed E-state index contributed by atoms with van der Waals surface area (Å²) in [5.74, 6) is 0.0808. The smallest absolute Gasteiger partial charge is 0.263 e. The predicted molar refractivity (Wildman–Crippen MR) is 68.2 cm³/mol. The van der Waals surface area contributed by atoms with Gasteiger partial charge in [0.15, 0.2) is 0 Å². The van der Waals surface area contributed by atoms with Gasteiger partial charge in [-0.15, -0.1) is 11.3 Å². The Hall–Kier alpha value is -1.29. The second kappa shape index (κ2) is 3.94. The van der Waals surface area contributed by atoms with Crippen molar-refractivity contribution in [2.75, 3.05) is 14.1 Å². The van der Waals surface area contributed by atoms with E-state index in [1.54, 1.807) is 30.3 Å². The van der Waals surface area contributed by atoms with Crippen LogP contribution in [-0.2, 0) is 0 Å². The number of hydrogen-bond donors (Lipinski definition) is 0. The second-order valence-corrected chi connectivity index (χ2v) is 5.51. The van der Waals surface area contributed by atoms with Crippen LogP contribution < -0.4 is 0 Å². The zero-order chi connectivity index (χ0) is 11.9. The molecule has 4 heteroatoms. The van der Waals surface area contributed by atoms with E-state index in [-0.39, 0.29) is 5.91 Å². The molecule has 0 unspecified atom stereocenters. The molecule has 1 amide bonds. The van der Waals surface area contributed by atoms with Crippen molar-refractivity contribution in [1.29, 1.82) is 0 Å². The highest BCUT2D eigenvalue weighted by Gasteiger charge is 2.13. The topological polar surface area (TPSA) is 25.2 Å². The Morgan fingerprint density at radius 3 is 2.56 bits per heavy atom. The number of fused-ring (bicyclic) bond motifs is 1. The van der Waals surface area contributed by atoms with Gasteiger partial charge in [-0.2, -0.15) is 0 Å². The molecular formula is C12H16N2OS. The number of carbonyl (C=O) groups is 1. The highest BCUT2D eigenvalue weighted by atomic mass is 32.1. The van der Waals surface area contributed by atoms with Gasteiger partial charge in [-0.25, -0.2) is 0 Å². The van der Waals surface area contributed by atoms with E-state index in [4.69, 9.17) is 0 Å². The molecule has 2 aromatic heterocycles. The minimum absolute atomic E-state index is 0.0808. The first-order valence-electron chi connectivity index (χ1n) is 5.31. The molecule has 0 saturated carbocycles. The van der Waals surface area contributed by atoms with Crippen LogP contribution in [0.15, 0.2) is 18.5 Å². The molecule has 0 radical (unpaired) electrons. The third-order valence-electron chi connectivity index (χ3n) is 2.56. The molecule has 0 aliphatic heterocycles. The monoisotopic (exact) mass is 236 g/mol. The fraction of sp³-hybridized carbons (Fsp3) is 0.417. The average molecular weight is 236 g/mol. The summed E-state index contributed by atoms with van der Waals surface area (Å²) in [6.45, 7) is 4.30. The van der Waals surface area contributed by atoms with Crippen molar-refractivity contribution in [3.05, 3.63) is 23.3 Å². The summed E-state index contributed by atoms with van der Waals surface area (Å²) in [4.78, 5) is 14.2. The normalized spacial score (nSPS) is 11.3. The average Bonchev–Trinajstić information content (AvgIpc) is 2.72. The van der Waals surface area contributed by atoms with Crippen molar-refractivity contribution in [1.82, 2.24) is 9.47 Å². The molecule has 3 nitrogen and oxygen atoms in total. The molecule has 0 bridgehead atoms. The first kappa shape index (κ1) is 11.2. The third kappa shape index (κ3) is 1.85. The molecule has 0 aliphatic carbocycles. The molecular weight excluding hydrogens is 220 g/mol. The number of thiophene rings is 1. The summed E-state index contributed by atoms with van der Waals surface area (Å²) in [6, 6.07) is 2.44. The molecule has 0 N–H and O–H groups in total. The number of hydrogen-bond acceptors (Lipinski definition) is 2. The zero-order valence-corrected chi connectivity index (χ0v) is 10.8. The van der Waals surface area contributed by atoms with Crippen molar-refractivity contribution in [3.63, 3.8) is 0 Å². The summed E-state index contributed by atoms with van der Waals surface area (Å²) in [6.07, 6.45) is 4.21. The Morgan fingerprint density at radius 2 is 2.06 bits per heavy atom. The lowest BCUT2D eigenvalue weighted by Gasteiger charge is -2.07. The summed E-state index contributed by atoms with van der Waals surface area (Å²) in [5.41, 5.74) is 0. The van der Waals surface area contributed by atoms with Gasteiger partial charge in [-0.3, -0.25) is 4.79 Å². The minimum Gasteiger partial charge on any atom is -0.350 e. The molecule has 0 spiro atoms. The fourth-order valence-electron chi connectivity index (χ4n) is 1.58. The van der Waals surface area contributed by atoms with Crippen LogP contribution in [0.3, 0.4) is 0 Å². The Bertz CT molecular complexity index is 491. The lowest BCUT2D eigenvalue weighted by atomic mass is 10.3. The van der Waals surface area contributed by atoms with Gasteiger partial charge < -0.3 is 9.47 Å². The maximum Gasteiger partial charge on any atom is 0.263 e. The highest BCUT2D eigenvalue weighted by molar-refractivity contribution is 7.20. The number of amides is 1. The van der Waals surface area contributed by atoms with Gasteiger partial charge in [-0.1, -0.05) is 0 Å².